The van der Waals surface area contributed by atoms with Gasteiger partial charge in [-0.2, -0.15) is 0 Å². The maximum absolute atomic E-state index is 11.4. The van der Waals surface area contributed by atoms with Crippen LogP contribution < -0.4 is 11.1 Å². The van der Waals surface area contributed by atoms with Crippen LogP contribution in [0.5, 0.6) is 0 Å². The molecule has 4 nitrogen and oxygen atoms in total. The Morgan fingerprint density at radius 3 is 2.76 bits per heavy atom. The molecule has 0 saturated heterocycles. The number of carbonyl (C=O) groups excluding carboxylic acids is 1. The molecule has 0 radical (unpaired) electrons. The fourth-order valence-corrected chi connectivity index (χ4v) is 1.65. The summed E-state index contributed by atoms with van der Waals surface area (Å²) in [4.78, 5) is 13.4. The van der Waals surface area contributed by atoms with Crippen LogP contribution in [0.2, 0.25) is 0 Å². The van der Waals surface area contributed by atoms with Crippen LogP contribution in [-0.4, -0.2) is 37.5 Å². The number of hydrogen-bond donors (Lipinski definition) is 2. The van der Waals surface area contributed by atoms with Crippen molar-refractivity contribution in [2.75, 3.05) is 32.4 Å². The minimum Gasteiger partial charge on any atom is -0.399 e. The van der Waals surface area contributed by atoms with E-state index in [1.807, 2.05) is 43.1 Å². The fourth-order valence-electron chi connectivity index (χ4n) is 1.65. The molecule has 0 spiro atoms. The predicted molar refractivity (Wildman–Crippen MR) is 70.7 cm³/mol. The third kappa shape index (κ3) is 4.87. The van der Waals surface area contributed by atoms with Crippen LogP contribution >= 0.6 is 0 Å². The molecule has 0 heterocycles. The molecule has 0 fully saturated rings. The number of nitrogens with zero attached hydrogens (tertiary/aromatic N) is 1. The van der Waals surface area contributed by atoms with Crippen molar-refractivity contribution in [1.29, 1.82) is 0 Å². The molecule has 0 aliphatic rings. The molecule has 1 amide bonds. The number of likely N-dealkylation sites (N-methyl/N-ethyl adjacent to an activating group) is 2. The summed E-state index contributed by atoms with van der Waals surface area (Å²) in [6.45, 7) is 3.85. The number of nitrogen functional groups attached to an aromatic ring is 1. The average molecular weight is 235 g/mol. The van der Waals surface area contributed by atoms with Crippen molar-refractivity contribution in [1.82, 2.24) is 10.2 Å². The molecule has 0 aliphatic carbocycles. The number of anilines is 1. The first-order chi connectivity index (χ1) is 8.13. The molecule has 0 unspecified atom stereocenters. The van der Waals surface area contributed by atoms with Crippen LogP contribution in [-0.2, 0) is 11.2 Å². The van der Waals surface area contributed by atoms with Crippen molar-refractivity contribution >= 4 is 11.6 Å². The van der Waals surface area contributed by atoms with Crippen molar-refractivity contribution in [2.45, 2.75) is 13.3 Å². The standard InChI is InChI=1S/C13H21N3O/c1-3-15-13(17)10-16(2)9-8-11-6-4-5-7-12(11)14/h4-7H,3,8-10,14H2,1-2H3,(H,15,17). The van der Waals surface area contributed by atoms with Crippen molar-refractivity contribution < 1.29 is 4.79 Å². The number of nitrogens with two attached hydrogens (primary N) is 1. The molecule has 1 aromatic rings. The van der Waals surface area contributed by atoms with Gasteiger partial charge in [0, 0.05) is 18.8 Å². The van der Waals surface area contributed by atoms with Gasteiger partial charge in [0.05, 0.1) is 6.54 Å². The highest BCUT2D eigenvalue weighted by molar-refractivity contribution is 5.77. The van der Waals surface area contributed by atoms with Crippen LogP contribution in [0.3, 0.4) is 0 Å². The first-order valence-electron chi connectivity index (χ1n) is 5.92. The normalized spacial score (nSPS) is 10.5. The third-order valence-corrected chi connectivity index (χ3v) is 2.61. The summed E-state index contributed by atoms with van der Waals surface area (Å²) in [5.41, 5.74) is 7.81. The smallest absolute Gasteiger partial charge is 0.234 e. The van der Waals surface area contributed by atoms with Crippen LogP contribution in [0.1, 0.15) is 12.5 Å². The van der Waals surface area contributed by atoms with Crippen LogP contribution in [0.15, 0.2) is 24.3 Å². The Morgan fingerprint density at radius 1 is 1.41 bits per heavy atom. The van der Waals surface area contributed by atoms with Gasteiger partial charge in [-0.15, -0.1) is 0 Å². The topological polar surface area (TPSA) is 58.4 Å². The Morgan fingerprint density at radius 2 is 2.12 bits per heavy atom. The van der Waals surface area contributed by atoms with E-state index in [1.165, 1.54) is 0 Å². The number of hydrogen-bond acceptors (Lipinski definition) is 3. The lowest BCUT2D eigenvalue weighted by atomic mass is 10.1. The molecule has 94 valence electrons. The van der Waals surface area contributed by atoms with Crippen molar-refractivity contribution in [3.8, 4) is 0 Å². The minimum absolute atomic E-state index is 0.0658. The van der Waals surface area contributed by atoms with E-state index >= 15 is 0 Å². The first-order valence-corrected chi connectivity index (χ1v) is 5.92. The van der Waals surface area contributed by atoms with Crippen LogP contribution in [0.25, 0.3) is 0 Å². The molecule has 0 aromatic heterocycles. The number of para-hydroxylation sites is 1. The molecule has 0 atom stereocenters. The zero-order valence-electron chi connectivity index (χ0n) is 10.6. The van der Waals surface area contributed by atoms with Crippen molar-refractivity contribution in [3.63, 3.8) is 0 Å². The van der Waals surface area contributed by atoms with Gasteiger partial charge in [0.15, 0.2) is 0 Å². The van der Waals surface area contributed by atoms with E-state index < -0.39 is 0 Å². The first kappa shape index (κ1) is 13.5. The molecule has 0 saturated carbocycles. The highest BCUT2D eigenvalue weighted by Gasteiger charge is 2.06. The summed E-state index contributed by atoms with van der Waals surface area (Å²) >= 11 is 0. The SMILES string of the molecule is CCNC(=O)CN(C)CCc1ccccc1N. The predicted octanol–water partition coefficient (Wildman–Crippen LogP) is 0.879. The van der Waals surface area contributed by atoms with Gasteiger partial charge < -0.3 is 11.1 Å². The molecule has 17 heavy (non-hydrogen) atoms. The highest BCUT2D eigenvalue weighted by Crippen LogP contribution is 2.11. The van der Waals surface area contributed by atoms with Gasteiger partial charge in [0.2, 0.25) is 5.91 Å². The van der Waals surface area contributed by atoms with E-state index in [9.17, 15) is 4.79 Å². The second kappa shape index (κ2) is 6.91. The summed E-state index contributed by atoms with van der Waals surface area (Å²) in [6, 6.07) is 7.83. The third-order valence-electron chi connectivity index (χ3n) is 2.61. The summed E-state index contributed by atoms with van der Waals surface area (Å²) in [5.74, 6) is 0.0658. The highest BCUT2D eigenvalue weighted by atomic mass is 16.1. The average Bonchev–Trinajstić information content (AvgIpc) is 2.28. The molecule has 0 bridgehead atoms. The van der Waals surface area contributed by atoms with Gasteiger partial charge >= 0.3 is 0 Å². The lowest BCUT2D eigenvalue weighted by Gasteiger charge is -2.16. The van der Waals surface area contributed by atoms with Gasteiger partial charge in [-0.1, -0.05) is 18.2 Å². The maximum atomic E-state index is 11.4. The summed E-state index contributed by atoms with van der Waals surface area (Å²) < 4.78 is 0. The van der Waals surface area contributed by atoms with E-state index in [2.05, 4.69) is 5.32 Å². The fraction of sp³-hybridized carbons (Fsp3) is 0.462. The van der Waals surface area contributed by atoms with Gasteiger partial charge in [0.1, 0.15) is 0 Å². The van der Waals surface area contributed by atoms with E-state index in [4.69, 9.17) is 5.73 Å². The molecular weight excluding hydrogens is 214 g/mol. The second-order valence-corrected chi connectivity index (χ2v) is 4.14. The molecule has 0 aliphatic heterocycles. The van der Waals surface area contributed by atoms with Gasteiger partial charge in [-0.05, 0) is 32.0 Å². The number of nitrogens with one attached hydrogen (secondary N) is 1. The van der Waals surface area contributed by atoms with Gasteiger partial charge in [0.25, 0.3) is 0 Å². The zero-order chi connectivity index (χ0) is 12.7. The van der Waals surface area contributed by atoms with Crippen LogP contribution in [0.4, 0.5) is 5.69 Å². The molecular formula is C13H21N3O. The quantitative estimate of drug-likeness (QED) is 0.720. The Kier molecular flexibility index (Phi) is 5.49. The van der Waals surface area contributed by atoms with E-state index in [0.29, 0.717) is 13.1 Å². The molecule has 1 rings (SSSR count). The Bertz CT molecular complexity index is 365. The maximum Gasteiger partial charge on any atom is 0.234 e. The van der Waals surface area contributed by atoms with Gasteiger partial charge in [-0.3, -0.25) is 9.69 Å². The molecule has 3 N–H and O–H groups in total. The number of amides is 1. The van der Waals surface area contributed by atoms with Gasteiger partial charge in [-0.25, -0.2) is 0 Å². The van der Waals surface area contributed by atoms with Crippen molar-refractivity contribution in [2.24, 2.45) is 0 Å². The summed E-state index contributed by atoms with van der Waals surface area (Å²) in [6.07, 6.45) is 0.864. The number of rotatable bonds is 6. The van der Waals surface area contributed by atoms with E-state index in [-0.39, 0.29) is 5.91 Å². The van der Waals surface area contributed by atoms with E-state index in [1.54, 1.807) is 0 Å². The van der Waals surface area contributed by atoms with Crippen LogP contribution in [0, 0.1) is 0 Å². The lowest BCUT2D eigenvalue weighted by Crippen LogP contribution is -2.35. The van der Waals surface area contributed by atoms with E-state index in [0.717, 1.165) is 24.2 Å². The monoisotopic (exact) mass is 235 g/mol. The number of benzene rings is 1. The Hall–Kier alpha value is -1.55. The lowest BCUT2D eigenvalue weighted by molar-refractivity contribution is -0.121. The largest absolute Gasteiger partial charge is 0.399 e. The summed E-state index contributed by atoms with van der Waals surface area (Å²) in [5, 5.41) is 2.78. The second-order valence-electron chi connectivity index (χ2n) is 4.14. The number of carbonyl (C=O) groups is 1. The Labute approximate surface area is 103 Å². The minimum atomic E-state index is 0.0658. The molecule has 4 heteroatoms. The van der Waals surface area contributed by atoms with Crippen molar-refractivity contribution in [3.05, 3.63) is 29.8 Å². The molecule has 1 aromatic carbocycles. The summed E-state index contributed by atoms with van der Waals surface area (Å²) in [7, 11) is 1.94. The Balaban J connectivity index is 2.35. The zero-order valence-corrected chi connectivity index (χ0v) is 10.6.